The second-order valence-corrected chi connectivity index (χ2v) is 5.14. The number of hydrogen-bond acceptors (Lipinski definition) is 6. The van der Waals surface area contributed by atoms with Crippen molar-refractivity contribution in [3.05, 3.63) is 42.4 Å². The van der Waals surface area contributed by atoms with Crippen LogP contribution in [0.5, 0.6) is 11.5 Å². The summed E-state index contributed by atoms with van der Waals surface area (Å²) in [6.07, 6.45) is 2.37. The predicted octanol–water partition coefficient (Wildman–Crippen LogP) is 1.48. The van der Waals surface area contributed by atoms with Gasteiger partial charge in [-0.05, 0) is 24.6 Å². The number of nitrogens with one attached hydrogen (secondary N) is 2. The zero-order valence-electron chi connectivity index (χ0n) is 13.9. The van der Waals surface area contributed by atoms with Crippen LogP contribution >= 0.6 is 0 Å². The van der Waals surface area contributed by atoms with Crippen LogP contribution in [-0.2, 0) is 9.59 Å². The number of ether oxygens (including phenoxy) is 2. The fraction of sp³-hybridized carbons (Fsp3) is 0.294. The van der Waals surface area contributed by atoms with Crippen molar-refractivity contribution in [2.75, 3.05) is 26.1 Å². The quantitative estimate of drug-likeness (QED) is 0.654. The molecule has 1 atom stereocenters. The van der Waals surface area contributed by atoms with Crippen molar-refractivity contribution in [3.8, 4) is 11.5 Å². The summed E-state index contributed by atoms with van der Waals surface area (Å²) in [5, 5.41) is 14.8. The average Bonchev–Trinajstić information content (AvgIpc) is 3.16. The van der Waals surface area contributed by atoms with Crippen LogP contribution in [0.4, 0.5) is 5.69 Å². The zero-order chi connectivity index (χ0) is 18.2. The molecule has 0 bridgehead atoms. The maximum absolute atomic E-state index is 11.9. The Morgan fingerprint density at radius 3 is 2.56 bits per heavy atom. The molecule has 2 amide bonds. The Morgan fingerprint density at radius 2 is 1.92 bits per heavy atom. The van der Waals surface area contributed by atoms with E-state index < -0.39 is 17.9 Å². The first-order valence-corrected chi connectivity index (χ1v) is 7.56. The van der Waals surface area contributed by atoms with Crippen molar-refractivity contribution < 1.29 is 28.6 Å². The predicted molar refractivity (Wildman–Crippen MR) is 89.5 cm³/mol. The summed E-state index contributed by atoms with van der Waals surface area (Å²) in [6.45, 7) is 0.143. The monoisotopic (exact) mass is 348 g/mol. The Balaban J connectivity index is 1.83. The summed E-state index contributed by atoms with van der Waals surface area (Å²) in [5.41, 5.74) is 1.01. The van der Waals surface area contributed by atoms with Crippen molar-refractivity contribution in [2.24, 2.45) is 0 Å². The highest BCUT2D eigenvalue weighted by Gasteiger charge is 2.16. The van der Waals surface area contributed by atoms with Crippen LogP contribution < -0.4 is 20.1 Å². The van der Waals surface area contributed by atoms with Crippen molar-refractivity contribution in [1.82, 2.24) is 5.32 Å². The summed E-state index contributed by atoms with van der Waals surface area (Å²) >= 11 is 0. The number of hydrogen-bond donors (Lipinski definition) is 3. The fourth-order valence-electron chi connectivity index (χ4n) is 2.14. The lowest BCUT2D eigenvalue weighted by Gasteiger charge is -2.11. The van der Waals surface area contributed by atoms with Gasteiger partial charge >= 0.3 is 11.8 Å². The molecule has 0 aliphatic carbocycles. The molecule has 2 rings (SSSR count). The van der Waals surface area contributed by atoms with E-state index in [1.807, 2.05) is 0 Å². The third kappa shape index (κ3) is 4.98. The van der Waals surface area contributed by atoms with Crippen molar-refractivity contribution >= 4 is 17.5 Å². The number of rotatable bonds is 7. The second-order valence-electron chi connectivity index (χ2n) is 5.14. The highest BCUT2D eigenvalue weighted by Crippen LogP contribution is 2.29. The maximum atomic E-state index is 11.9. The van der Waals surface area contributed by atoms with Crippen LogP contribution in [0.2, 0.25) is 0 Å². The molecule has 0 radical (unpaired) electrons. The standard InChI is InChI=1S/C17H20N2O6/c1-23-14-4-3-12(9-15(14)24-2)19-17(22)16(21)18-7-5-13(20)11-6-8-25-10-11/h3-4,6,8-10,13,20H,5,7H2,1-2H3,(H,18,21)(H,19,22). The molecule has 0 fully saturated rings. The topological polar surface area (TPSA) is 110 Å². The first kappa shape index (κ1) is 18.3. The highest BCUT2D eigenvalue weighted by molar-refractivity contribution is 6.39. The van der Waals surface area contributed by atoms with Crippen molar-refractivity contribution in [1.29, 1.82) is 0 Å². The minimum Gasteiger partial charge on any atom is -0.493 e. The molecule has 1 aromatic heterocycles. The van der Waals surface area contributed by atoms with E-state index in [-0.39, 0.29) is 13.0 Å². The lowest BCUT2D eigenvalue weighted by Crippen LogP contribution is -2.36. The Labute approximate surface area is 144 Å². The van der Waals surface area contributed by atoms with Gasteiger partial charge in [-0.1, -0.05) is 0 Å². The van der Waals surface area contributed by atoms with Crippen LogP contribution in [0.25, 0.3) is 0 Å². The Kier molecular flexibility index (Phi) is 6.41. The lowest BCUT2D eigenvalue weighted by atomic mass is 10.1. The van der Waals surface area contributed by atoms with Gasteiger partial charge in [-0.3, -0.25) is 9.59 Å². The summed E-state index contributed by atoms with van der Waals surface area (Å²) in [4.78, 5) is 23.7. The molecule has 1 unspecified atom stereocenters. The SMILES string of the molecule is COc1ccc(NC(=O)C(=O)NCCC(O)c2ccoc2)cc1OC. The van der Waals surface area contributed by atoms with E-state index in [1.54, 1.807) is 24.3 Å². The van der Waals surface area contributed by atoms with Crippen LogP contribution in [0, 0.1) is 0 Å². The summed E-state index contributed by atoms with van der Waals surface area (Å²) < 4.78 is 15.1. The first-order valence-electron chi connectivity index (χ1n) is 7.56. The van der Waals surface area contributed by atoms with Crippen LogP contribution in [0.15, 0.2) is 41.2 Å². The fourth-order valence-corrected chi connectivity index (χ4v) is 2.14. The normalized spacial score (nSPS) is 11.5. The summed E-state index contributed by atoms with van der Waals surface area (Å²) in [7, 11) is 2.98. The van der Waals surface area contributed by atoms with Crippen molar-refractivity contribution in [2.45, 2.75) is 12.5 Å². The number of amides is 2. The second kappa shape index (κ2) is 8.74. The summed E-state index contributed by atoms with van der Waals surface area (Å²) in [5.74, 6) is -0.665. The molecule has 134 valence electrons. The van der Waals surface area contributed by atoms with Crippen LogP contribution in [0.3, 0.4) is 0 Å². The van der Waals surface area contributed by atoms with Gasteiger partial charge in [0.25, 0.3) is 0 Å². The Hall–Kier alpha value is -3.00. The van der Waals surface area contributed by atoms with Gasteiger partial charge in [0.15, 0.2) is 11.5 Å². The van der Waals surface area contributed by atoms with E-state index in [4.69, 9.17) is 13.9 Å². The number of methoxy groups -OCH3 is 2. The molecule has 1 heterocycles. The summed E-state index contributed by atoms with van der Waals surface area (Å²) in [6, 6.07) is 6.39. The van der Waals surface area contributed by atoms with Gasteiger partial charge in [0.1, 0.15) is 0 Å². The van der Waals surface area contributed by atoms with Gasteiger partial charge in [-0.2, -0.15) is 0 Å². The number of furan rings is 1. The molecule has 3 N–H and O–H groups in total. The van der Waals surface area contributed by atoms with E-state index in [9.17, 15) is 14.7 Å². The number of aliphatic hydroxyl groups excluding tert-OH is 1. The van der Waals surface area contributed by atoms with E-state index in [0.29, 0.717) is 22.7 Å². The molecule has 0 saturated carbocycles. The number of aliphatic hydroxyl groups is 1. The van der Waals surface area contributed by atoms with E-state index >= 15 is 0 Å². The molecule has 0 aliphatic rings. The molecule has 0 saturated heterocycles. The van der Waals surface area contributed by atoms with Crippen LogP contribution in [-0.4, -0.2) is 37.7 Å². The highest BCUT2D eigenvalue weighted by atomic mass is 16.5. The Bertz CT molecular complexity index is 714. The lowest BCUT2D eigenvalue weighted by molar-refractivity contribution is -0.136. The van der Waals surface area contributed by atoms with Gasteiger partial charge in [0, 0.05) is 23.9 Å². The zero-order valence-corrected chi connectivity index (χ0v) is 13.9. The molecule has 0 aliphatic heterocycles. The Morgan fingerprint density at radius 1 is 1.16 bits per heavy atom. The smallest absolute Gasteiger partial charge is 0.313 e. The number of carbonyl (C=O) groups is 2. The van der Waals surface area contributed by atoms with E-state index in [0.717, 1.165) is 0 Å². The largest absolute Gasteiger partial charge is 0.493 e. The van der Waals surface area contributed by atoms with E-state index in [1.165, 1.54) is 26.7 Å². The van der Waals surface area contributed by atoms with Gasteiger partial charge < -0.3 is 29.6 Å². The molecular weight excluding hydrogens is 328 g/mol. The molecule has 8 heteroatoms. The molecular formula is C17H20N2O6. The molecule has 2 aromatic rings. The first-order chi connectivity index (χ1) is 12.0. The van der Waals surface area contributed by atoms with Gasteiger partial charge in [0.2, 0.25) is 0 Å². The average molecular weight is 348 g/mol. The minimum atomic E-state index is -0.815. The maximum Gasteiger partial charge on any atom is 0.313 e. The number of anilines is 1. The number of benzene rings is 1. The molecule has 8 nitrogen and oxygen atoms in total. The van der Waals surface area contributed by atoms with Crippen molar-refractivity contribution in [3.63, 3.8) is 0 Å². The third-order valence-electron chi connectivity index (χ3n) is 3.48. The van der Waals surface area contributed by atoms with Gasteiger partial charge in [-0.25, -0.2) is 0 Å². The molecule has 0 spiro atoms. The van der Waals surface area contributed by atoms with E-state index in [2.05, 4.69) is 10.6 Å². The van der Waals surface area contributed by atoms with Gasteiger partial charge in [-0.15, -0.1) is 0 Å². The minimum absolute atomic E-state index is 0.143. The number of carbonyl (C=O) groups excluding carboxylic acids is 2. The van der Waals surface area contributed by atoms with Gasteiger partial charge in [0.05, 0.1) is 32.8 Å². The van der Waals surface area contributed by atoms with Crippen LogP contribution in [0.1, 0.15) is 18.1 Å². The molecule has 1 aromatic carbocycles. The molecule has 25 heavy (non-hydrogen) atoms. The third-order valence-corrected chi connectivity index (χ3v) is 3.48.